The zero-order chi connectivity index (χ0) is 44.9. The fourth-order valence-corrected chi connectivity index (χ4v) is 3.92. The van der Waals surface area contributed by atoms with Crippen LogP contribution in [0.25, 0.3) is 0 Å². The van der Waals surface area contributed by atoms with Gasteiger partial charge in [0.15, 0.2) is 5.69 Å². The molecule has 0 heterocycles. The average molecular weight is 881 g/mol. The number of aryl methyl sites for hydroxylation is 3. The van der Waals surface area contributed by atoms with Crippen LogP contribution in [0.15, 0.2) is 97.8 Å². The van der Waals surface area contributed by atoms with E-state index in [-0.39, 0.29) is 39.8 Å². The molecule has 4 aromatic rings. The second kappa shape index (κ2) is 28.2. The van der Waals surface area contributed by atoms with Gasteiger partial charge in [0.25, 0.3) is 22.7 Å². The number of isocyanates is 5. The molecule has 0 aromatic heterocycles. The highest BCUT2D eigenvalue weighted by molar-refractivity contribution is 9.09. The first kappa shape index (κ1) is 50.8. The van der Waals surface area contributed by atoms with E-state index in [1.165, 1.54) is 72.9 Å². The first-order chi connectivity index (χ1) is 28.0. The maximum absolute atomic E-state index is 12.7. The Morgan fingerprint density at radius 1 is 0.542 bits per heavy atom. The van der Waals surface area contributed by atoms with Crippen molar-refractivity contribution >= 4 is 91.8 Å². The van der Waals surface area contributed by atoms with Crippen LogP contribution in [0.5, 0.6) is 0 Å². The minimum Gasteiger partial charge on any atom is -0.258 e. The lowest BCUT2D eigenvalue weighted by Gasteiger charge is -1.96. The number of non-ortho nitro benzene ring substituents is 3. The molecule has 0 saturated carbocycles. The van der Waals surface area contributed by atoms with Crippen LogP contribution in [0.2, 0.25) is 0 Å². The van der Waals surface area contributed by atoms with Gasteiger partial charge in [0.2, 0.25) is 30.4 Å². The summed E-state index contributed by atoms with van der Waals surface area (Å²) in [6.07, 6.45) is 7.46. The van der Waals surface area contributed by atoms with Crippen molar-refractivity contribution in [2.75, 3.05) is 11.9 Å². The molecule has 0 N–H and O–H groups in total. The van der Waals surface area contributed by atoms with Crippen LogP contribution in [-0.2, 0) is 24.0 Å². The van der Waals surface area contributed by atoms with Gasteiger partial charge in [-0.3, -0.25) is 40.5 Å². The second-order valence-electron chi connectivity index (χ2n) is 10.4. The summed E-state index contributed by atoms with van der Waals surface area (Å²) >= 11 is 3.19. The second-order valence-corrected chi connectivity index (χ2v) is 11.2. The highest BCUT2D eigenvalue weighted by Crippen LogP contribution is 2.28. The molecule has 0 saturated heterocycles. The zero-order valence-corrected chi connectivity index (χ0v) is 32.2. The van der Waals surface area contributed by atoms with Crippen molar-refractivity contribution in [1.29, 1.82) is 0 Å². The number of halogens is 2. The van der Waals surface area contributed by atoms with Gasteiger partial charge in [-0.05, 0) is 62.1 Å². The topological polar surface area (TPSA) is 320 Å². The van der Waals surface area contributed by atoms with Crippen LogP contribution in [0.4, 0.5) is 49.9 Å². The summed E-state index contributed by atoms with van der Waals surface area (Å²) in [5, 5.41) is 42.2. The number of aliphatic imine (C=N–C) groups is 5. The fourth-order valence-electron chi connectivity index (χ4n) is 3.67. The third kappa shape index (κ3) is 19.8. The van der Waals surface area contributed by atoms with E-state index in [1.54, 1.807) is 26.8 Å². The summed E-state index contributed by atoms with van der Waals surface area (Å²) in [5.41, 5.74) is 1.77. The highest BCUT2D eigenvalue weighted by Gasteiger charge is 2.13. The van der Waals surface area contributed by atoms with E-state index in [0.29, 0.717) is 23.4 Å². The van der Waals surface area contributed by atoms with E-state index < -0.39 is 25.5 Å². The van der Waals surface area contributed by atoms with Crippen molar-refractivity contribution in [3.8, 4) is 0 Å². The lowest BCUT2D eigenvalue weighted by atomic mass is 10.2. The summed E-state index contributed by atoms with van der Waals surface area (Å²) in [6.45, 7) is 5.67. The van der Waals surface area contributed by atoms with Gasteiger partial charge >= 0.3 is 0 Å². The Kier molecular flexibility index (Phi) is 24.3. The molecule has 22 nitrogen and oxygen atoms in total. The molecule has 4 aromatic carbocycles. The number of alkyl halides is 1. The first-order valence-corrected chi connectivity index (χ1v) is 16.7. The van der Waals surface area contributed by atoms with Crippen LogP contribution in [0.3, 0.4) is 0 Å². The van der Waals surface area contributed by atoms with E-state index in [0.717, 1.165) is 41.6 Å². The largest absolute Gasteiger partial charge is 0.296 e. The minimum absolute atomic E-state index is 0.0117. The predicted molar refractivity (Wildman–Crippen MR) is 209 cm³/mol. The molecule has 0 amide bonds. The standard InChI is InChI=1S/3C8H6N2O3.C7H3FN2O3.C4H6BrNO/c1-6-4-7(10(12)13)2-3-8(6)9-5-11;1-6-2-3-7(10(12)13)4-8(6)9-5-11;1-6-2-3-7(9-5-11)8(4-6)10(12)13;8-6-2-1-5(10(12)13)3-7(6)9-4-11;5-2-1-3-6-4-7/h3*2-4H,1H3;1-3H;1-3H2. The molecule has 0 atom stereocenters. The molecule has 0 radical (unpaired) electrons. The summed E-state index contributed by atoms with van der Waals surface area (Å²) < 4.78 is 12.7. The number of rotatable bonds is 11. The van der Waals surface area contributed by atoms with Gasteiger partial charge in [0.05, 0.1) is 37.6 Å². The fraction of sp³-hybridized carbons (Fsp3) is 0.171. The molecular formula is C35H27BrFN9O13. The van der Waals surface area contributed by atoms with Gasteiger partial charge in [-0.2, -0.15) is 20.0 Å². The Bertz CT molecular complexity index is 2320. The van der Waals surface area contributed by atoms with Crippen LogP contribution in [-0.4, -0.2) is 62.0 Å². The molecule has 0 aliphatic heterocycles. The summed E-state index contributed by atoms with van der Waals surface area (Å²) in [4.78, 5) is 104. The average Bonchev–Trinajstić information content (AvgIpc) is 3.19. The quantitative estimate of drug-likeness (QED) is 0.0341. The van der Waals surface area contributed by atoms with Crippen LogP contribution < -0.4 is 0 Å². The van der Waals surface area contributed by atoms with Gasteiger partial charge in [-0.1, -0.05) is 28.1 Å². The molecule has 0 unspecified atom stereocenters. The number of hydrogen-bond acceptors (Lipinski definition) is 18. The van der Waals surface area contributed by atoms with Crippen LogP contribution >= 0.6 is 15.9 Å². The Labute approximate surface area is 339 Å². The van der Waals surface area contributed by atoms with Gasteiger partial charge < -0.3 is 0 Å². The SMILES string of the molecule is Cc1cc([N+](=O)[O-])ccc1N=C=O.Cc1ccc(N=C=O)c([N+](=O)[O-])c1.Cc1ccc([N+](=O)[O-])cc1N=C=O.O=C=NCCCBr.O=C=Nc1cc([N+](=O)[O-])ccc1F. The molecule has 0 aliphatic carbocycles. The van der Waals surface area contributed by atoms with Crippen molar-refractivity contribution in [2.24, 2.45) is 25.0 Å². The van der Waals surface area contributed by atoms with E-state index in [9.17, 15) is 68.8 Å². The molecule has 304 valence electrons. The number of nitro benzene ring substituents is 4. The van der Waals surface area contributed by atoms with Crippen molar-refractivity contribution in [1.82, 2.24) is 0 Å². The summed E-state index contributed by atoms with van der Waals surface area (Å²) in [5.74, 6) is -0.797. The molecule has 0 spiro atoms. The lowest BCUT2D eigenvalue weighted by Crippen LogP contribution is -1.88. The maximum atomic E-state index is 12.7. The smallest absolute Gasteiger partial charge is 0.258 e. The van der Waals surface area contributed by atoms with Gasteiger partial charge in [0.1, 0.15) is 11.5 Å². The Morgan fingerprint density at radius 2 is 1.00 bits per heavy atom. The van der Waals surface area contributed by atoms with E-state index in [1.807, 2.05) is 0 Å². The molecule has 24 heteroatoms. The highest BCUT2D eigenvalue weighted by atomic mass is 79.9. The lowest BCUT2D eigenvalue weighted by molar-refractivity contribution is -0.385. The number of nitrogens with zero attached hydrogens (tertiary/aromatic N) is 9. The summed E-state index contributed by atoms with van der Waals surface area (Å²) in [6, 6.07) is 15.3. The third-order valence-corrected chi connectivity index (χ3v) is 6.96. The normalized spacial score (nSPS) is 8.83. The molecule has 4 rings (SSSR count). The Hall–Kier alpha value is -8.21. The zero-order valence-electron chi connectivity index (χ0n) is 30.6. The molecule has 0 fully saturated rings. The Morgan fingerprint density at radius 3 is 1.49 bits per heavy atom. The van der Waals surface area contributed by atoms with Gasteiger partial charge in [-0.15, -0.1) is 0 Å². The number of benzene rings is 4. The van der Waals surface area contributed by atoms with Crippen molar-refractivity contribution in [3.05, 3.63) is 136 Å². The molecule has 59 heavy (non-hydrogen) atoms. The monoisotopic (exact) mass is 879 g/mol. The third-order valence-electron chi connectivity index (χ3n) is 6.40. The number of hydrogen-bond donors (Lipinski definition) is 0. The summed E-state index contributed by atoms with van der Waals surface area (Å²) in [7, 11) is 0. The van der Waals surface area contributed by atoms with E-state index in [2.05, 4.69) is 40.9 Å². The Balaban J connectivity index is 0.000000723. The molecule has 0 aliphatic rings. The van der Waals surface area contributed by atoms with E-state index >= 15 is 0 Å². The first-order valence-electron chi connectivity index (χ1n) is 15.6. The van der Waals surface area contributed by atoms with Gasteiger partial charge in [-0.25, -0.2) is 33.4 Å². The maximum Gasteiger partial charge on any atom is 0.296 e. The molecular weight excluding hydrogens is 853 g/mol. The minimum atomic E-state index is -0.797. The van der Waals surface area contributed by atoms with Crippen molar-refractivity contribution in [3.63, 3.8) is 0 Å². The van der Waals surface area contributed by atoms with Crippen LogP contribution in [0.1, 0.15) is 23.1 Å². The number of nitro groups is 4. The van der Waals surface area contributed by atoms with Crippen molar-refractivity contribution < 1.29 is 48.1 Å². The van der Waals surface area contributed by atoms with E-state index in [4.69, 9.17) is 0 Å². The molecule has 0 bridgehead atoms. The number of carbonyl (C=O) groups excluding carboxylic acids is 5. The van der Waals surface area contributed by atoms with Crippen LogP contribution in [0, 0.1) is 67.0 Å². The van der Waals surface area contributed by atoms with Gasteiger partial charge in [0, 0.05) is 47.8 Å². The van der Waals surface area contributed by atoms with Crippen molar-refractivity contribution in [2.45, 2.75) is 27.2 Å². The predicted octanol–water partition coefficient (Wildman–Crippen LogP) is 8.42.